The summed E-state index contributed by atoms with van der Waals surface area (Å²) in [6.07, 6.45) is 1.23. The van der Waals surface area contributed by atoms with Crippen molar-refractivity contribution in [1.82, 2.24) is 0 Å². The Labute approximate surface area is 164 Å². The molecule has 0 bridgehead atoms. The smallest absolute Gasteiger partial charge is 0.243 e. The van der Waals surface area contributed by atoms with E-state index in [0.29, 0.717) is 35.1 Å². The highest BCUT2D eigenvalue weighted by Crippen LogP contribution is 2.25. The van der Waals surface area contributed by atoms with E-state index in [1.54, 1.807) is 42.5 Å². The maximum absolute atomic E-state index is 12.1. The van der Waals surface area contributed by atoms with Crippen LogP contribution in [0.25, 0.3) is 0 Å². The molecule has 3 N–H and O–H groups in total. The van der Waals surface area contributed by atoms with Gasteiger partial charge < -0.3 is 20.7 Å². The molecule has 0 aromatic heterocycles. The van der Waals surface area contributed by atoms with Crippen LogP contribution in [0, 0.1) is 0 Å². The van der Waals surface area contributed by atoms with Crippen molar-refractivity contribution in [2.24, 2.45) is 0 Å². The summed E-state index contributed by atoms with van der Waals surface area (Å²) in [7, 11) is 0. The fourth-order valence-corrected chi connectivity index (χ4v) is 2.56. The van der Waals surface area contributed by atoms with Gasteiger partial charge in [-0.3, -0.25) is 9.59 Å². The number of ether oxygens (including phenoxy) is 1. The van der Waals surface area contributed by atoms with Gasteiger partial charge in [0.25, 0.3) is 0 Å². The molecule has 2 rings (SSSR count). The Balaban J connectivity index is 1.91. The number of hydrogen-bond acceptors (Lipinski definition) is 4. The predicted octanol–water partition coefficient (Wildman–Crippen LogP) is 4.53. The molecule has 2 amide bonds. The van der Waals surface area contributed by atoms with Crippen molar-refractivity contribution >= 4 is 40.5 Å². The summed E-state index contributed by atoms with van der Waals surface area (Å²) in [4.78, 5) is 23.8. The standard InChI is InChI=1S/C20H24ClN3O3/c1-3-5-19(25)24-15-8-11-17(21)18(12-15)22-13-20(26)23-14-6-9-16(10-7-14)27-4-2/h6-12,22H,3-5,13H2,1-2H3,(H,23,26)(H,24,25). The van der Waals surface area contributed by atoms with Gasteiger partial charge in [-0.15, -0.1) is 0 Å². The van der Waals surface area contributed by atoms with Gasteiger partial charge in [0.05, 0.1) is 23.9 Å². The summed E-state index contributed by atoms with van der Waals surface area (Å²) in [6, 6.07) is 12.3. The molecule has 0 unspecified atom stereocenters. The van der Waals surface area contributed by atoms with Crippen LogP contribution in [0.5, 0.6) is 5.75 Å². The molecule has 0 saturated heterocycles. The Kier molecular flexibility index (Phi) is 7.95. The largest absolute Gasteiger partial charge is 0.494 e. The minimum Gasteiger partial charge on any atom is -0.494 e. The summed E-state index contributed by atoms with van der Waals surface area (Å²) in [6.45, 7) is 4.49. The average molecular weight is 390 g/mol. The van der Waals surface area contributed by atoms with Crippen LogP contribution in [0.15, 0.2) is 42.5 Å². The number of benzene rings is 2. The lowest BCUT2D eigenvalue weighted by molar-refractivity contribution is -0.116. The van der Waals surface area contributed by atoms with Crippen molar-refractivity contribution in [3.8, 4) is 5.75 Å². The Morgan fingerprint density at radius 2 is 1.63 bits per heavy atom. The SMILES string of the molecule is CCCC(=O)Nc1ccc(Cl)c(NCC(=O)Nc2ccc(OCC)cc2)c1. The fraction of sp³-hybridized carbons (Fsp3) is 0.300. The Morgan fingerprint density at radius 3 is 2.30 bits per heavy atom. The van der Waals surface area contributed by atoms with Gasteiger partial charge in [-0.25, -0.2) is 0 Å². The minimum absolute atomic E-state index is 0.0410. The summed E-state index contributed by atoms with van der Waals surface area (Å²) in [5, 5.41) is 9.06. The summed E-state index contributed by atoms with van der Waals surface area (Å²) < 4.78 is 5.37. The molecule has 0 radical (unpaired) electrons. The van der Waals surface area contributed by atoms with Crippen LogP contribution in [-0.4, -0.2) is 25.0 Å². The quantitative estimate of drug-likeness (QED) is 0.588. The fourth-order valence-electron chi connectivity index (χ4n) is 2.37. The maximum Gasteiger partial charge on any atom is 0.243 e. The van der Waals surface area contributed by atoms with E-state index in [4.69, 9.17) is 16.3 Å². The molecule has 7 heteroatoms. The molecular weight excluding hydrogens is 366 g/mol. The molecule has 0 fully saturated rings. The van der Waals surface area contributed by atoms with Crippen LogP contribution in [0.4, 0.5) is 17.1 Å². The molecule has 27 heavy (non-hydrogen) atoms. The van der Waals surface area contributed by atoms with Gasteiger partial charge in [-0.1, -0.05) is 18.5 Å². The van der Waals surface area contributed by atoms with Gasteiger partial charge in [-0.2, -0.15) is 0 Å². The van der Waals surface area contributed by atoms with E-state index < -0.39 is 0 Å². The number of carbonyl (C=O) groups excluding carboxylic acids is 2. The van der Waals surface area contributed by atoms with Crippen LogP contribution in [0.1, 0.15) is 26.7 Å². The highest BCUT2D eigenvalue weighted by Gasteiger charge is 2.08. The van der Waals surface area contributed by atoms with Gasteiger partial charge in [0.2, 0.25) is 11.8 Å². The maximum atomic E-state index is 12.1. The molecule has 0 heterocycles. The lowest BCUT2D eigenvalue weighted by Crippen LogP contribution is -2.22. The van der Waals surface area contributed by atoms with Crippen LogP contribution >= 0.6 is 11.6 Å². The third kappa shape index (κ3) is 6.83. The first-order valence-corrected chi connectivity index (χ1v) is 9.25. The molecule has 6 nitrogen and oxygen atoms in total. The predicted molar refractivity (Wildman–Crippen MR) is 110 cm³/mol. The number of hydrogen-bond donors (Lipinski definition) is 3. The van der Waals surface area contributed by atoms with Crippen molar-refractivity contribution in [3.63, 3.8) is 0 Å². The summed E-state index contributed by atoms with van der Waals surface area (Å²) in [5.41, 5.74) is 1.89. The number of amides is 2. The Hall–Kier alpha value is -2.73. The van der Waals surface area contributed by atoms with Crippen LogP contribution < -0.4 is 20.7 Å². The lowest BCUT2D eigenvalue weighted by Gasteiger charge is -2.12. The number of halogens is 1. The molecule has 0 spiro atoms. The van der Waals surface area contributed by atoms with E-state index in [1.165, 1.54) is 0 Å². The van der Waals surface area contributed by atoms with Gasteiger partial charge in [0.15, 0.2) is 0 Å². The second-order valence-electron chi connectivity index (χ2n) is 5.85. The Bertz CT molecular complexity index is 779. The Morgan fingerprint density at radius 1 is 0.963 bits per heavy atom. The molecule has 0 aliphatic carbocycles. The van der Waals surface area contributed by atoms with E-state index >= 15 is 0 Å². The van der Waals surface area contributed by atoms with Crippen LogP contribution in [0.2, 0.25) is 5.02 Å². The van der Waals surface area contributed by atoms with Crippen molar-refractivity contribution in [2.75, 3.05) is 29.1 Å². The first-order chi connectivity index (χ1) is 13.0. The van der Waals surface area contributed by atoms with Gasteiger partial charge in [0.1, 0.15) is 5.75 Å². The number of rotatable bonds is 9. The molecule has 0 saturated carbocycles. The average Bonchev–Trinajstić information content (AvgIpc) is 2.64. The topological polar surface area (TPSA) is 79.5 Å². The van der Waals surface area contributed by atoms with E-state index in [2.05, 4.69) is 16.0 Å². The zero-order chi connectivity index (χ0) is 19.6. The highest BCUT2D eigenvalue weighted by atomic mass is 35.5. The molecule has 0 aliphatic rings. The summed E-state index contributed by atoms with van der Waals surface area (Å²) >= 11 is 6.16. The first-order valence-electron chi connectivity index (χ1n) is 8.87. The number of nitrogens with one attached hydrogen (secondary N) is 3. The molecule has 144 valence electrons. The molecule has 2 aromatic rings. The van der Waals surface area contributed by atoms with Crippen molar-refractivity contribution in [1.29, 1.82) is 0 Å². The van der Waals surface area contributed by atoms with Crippen molar-refractivity contribution in [2.45, 2.75) is 26.7 Å². The normalized spacial score (nSPS) is 10.2. The van der Waals surface area contributed by atoms with E-state index in [-0.39, 0.29) is 18.4 Å². The molecular formula is C20H24ClN3O3. The van der Waals surface area contributed by atoms with Crippen molar-refractivity contribution < 1.29 is 14.3 Å². The first kappa shape index (κ1) is 20.6. The zero-order valence-electron chi connectivity index (χ0n) is 15.5. The van der Waals surface area contributed by atoms with Crippen LogP contribution in [-0.2, 0) is 9.59 Å². The third-order valence-electron chi connectivity index (χ3n) is 3.62. The molecule has 0 aliphatic heterocycles. The number of carbonyl (C=O) groups is 2. The van der Waals surface area contributed by atoms with Gasteiger partial charge >= 0.3 is 0 Å². The molecule has 0 atom stereocenters. The van der Waals surface area contributed by atoms with Gasteiger partial charge in [-0.05, 0) is 55.8 Å². The van der Waals surface area contributed by atoms with E-state index in [0.717, 1.165) is 12.2 Å². The monoisotopic (exact) mass is 389 g/mol. The van der Waals surface area contributed by atoms with E-state index in [1.807, 2.05) is 13.8 Å². The zero-order valence-corrected chi connectivity index (χ0v) is 16.2. The third-order valence-corrected chi connectivity index (χ3v) is 3.95. The lowest BCUT2D eigenvalue weighted by atomic mass is 10.2. The second kappa shape index (κ2) is 10.4. The van der Waals surface area contributed by atoms with Crippen LogP contribution in [0.3, 0.4) is 0 Å². The van der Waals surface area contributed by atoms with Crippen molar-refractivity contribution in [3.05, 3.63) is 47.5 Å². The second-order valence-corrected chi connectivity index (χ2v) is 6.26. The minimum atomic E-state index is -0.212. The number of anilines is 3. The summed E-state index contributed by atoms with van der Waals surface area (Å²) in [5.74, 6) is 0.483. The highest BCUT2D eigenvalue weighted by molar-refractivity contribution is 6.33. The molecule has 2 aromatic carbocycles. The van der Waals surface area contributed by atoms with Gasteiger partial charge in [0, 0.05) is 17.8 Å². The van der Waals surface area contributed by atoms with E-state index in [9.17, 15) is 9.59 Å².